The number of ether oxygens (including phenoxy) is 1. The van der Waals surface area contributed by atoms with E-state index in [1.807, 2.05) is 0 Å². The molecule has 5 nitrogen and oxygen atoms in total. The average Bonchev–Trinajstić information content (AvgIpc) is 3.00. The lowest BCUT2D eigenvalue weighted by Gasteiger charge is -2.23. The van der Waals surface area contributed by atoms with Gasteiger partial charge in [-0.3, -0.25) is 4.79 Å². The summed E-state index contributed by atoms with van der Waals surface area (Å²) in [5.41, 5.74) is 4.05. The highest BCUT2D eigenvalue weighted by Crippen LogP contribution is 2.35. The zero-order chi connectivity index (χ0) is 19.5. The molecule has 1 amide bonds. The molecule has 1 aromatic heterocycles. The van der Waals surface area contributed by atoms with Gasteiger partial charge in [0.1, 0.15) is 23.4 Å². The minimum absolute atomic E-state index is 0. The lowest BCUT2D eigenvalue weighted by Crippen LogP contribution is -2.25. The number of nitrogens with two attached hydrogens (primary N) is 1. The number of carbonyl (C=O) groups excluding carboxylic acids is 1. The molecule has 0 unspecified atom stereocenters. The number of alkyl halides is 3. The van der Waals surface area contributed by atoms with E-state index in [9.17, 15) is 18.0 Å². The SMILES string of the molecule is CC(C)(C)Oc1ccc(CNC(=O)c2coc(CN)c2)c(C(F)(F)F)c1.Cl. The first-order chi connectivity index (χ1) is 12.0. The van der Waals surface area contributed by atoms with Crippen LogP contribution in [0.15, 0.2) is 34.9 Å². The van der Waals surface area contributed by atoms with Gasteiger partial charge in [-0.15, -0.1) is 12.4 Å². The van der Waals surface area contributed by atoms with E-state index in [-0.39, 0.29) is 42.4 Å². The first-order valence-electron chi connectivity index (χ1n) is 7.94. The Labute approximate surface area is 161 Å². The smallest absolute Gasteiger partial charge is 0.416 e. The van der Waals surface area contributed by atoms with Crippen LogP contribution in [-0.2, 0) is 19.3 Å². The molecule has 0 fully saturated rings. The first kappa shape index (κ1) is 22.9. The summed E-state index contributed by atoms with van der Waals surface area (Å²) in [6.45, 7) is 5.08. The molecule has 0 radical (unpaired) electrons. The second-order valence-electron chi connectivity index (χ2n) is 6.72. The molecule has 9 heteroatoms. The summed E-state index contributed by atoms with van der Waals surface area (Å²) in [6.07, 6.45) is -3.36. The van der Waals surface area contributed by atoms with Crippen molar-refractivity contribution in [1.82, 2.24) is 5.32 Å². The maximum Gasteiger partial charge on any atom is 0.416 e. The Morgan fingerprint density at radius 1 is 1.22 bits per heavy atom. The Kier molecular flexibility index (Phi) is 7.33. The maximum absolute atomic E-state index is 13.4. The number of hydrogen-bond donors (Lipinski definition) is 2. The van der Waals surface area contributed by atoms with Crippen LogP contribution in [0.4, 0.5) is 13.2 Å². The largest absolute Gasteiger partial charge is 0.488 e. The van der Waals surface area contributed by atoms with Crippen LogP contribution in [0.1, 0.15) is 48.0 Å². The van der Waals surface area contributed by atoms with Gasteiger partial charge in [0, 0.05) is 6.54 Å². The van der Waals surface area contributed by atoms with Crippen molar-refractivity contribution in [2.75, 3.05) is 0 Å². The van der Waals surface area contributed by atoms with Crippen molar-refractivity contribution in [3.63, 3.8) is 0 Å². The summed E-state index contributed by atoms with van der Waals surface area (Å²) in [7, 11) is 0. The standard InChI is InChI=1S/C18H21F3N2O3.ClH/c1-17(2,3)26-13-5-4-11(15(7-13)18(19,20)21)9-23-16(24)12-6-14(8-22)25-10-12;/h4-7,10H,8-9,22H2,1-3H3,(H,23,24);1H. The number of halogens is 4. The number of nitrogens with one attached hydrogen (secondary N) is 1. The summed E-state index contributed by atoms with van der Waals surface area (Å²) in [5.74, 6) is -0.0197. The van der Waals surface area contributed by atoms with E-state index < -0.39 is 23.2 Å². The molecule has 2 aromatic rings. The van der Waals surface area contributed by atoms with Crippen LogP contribution < -0.4 is 15.8 Å². The van der Waals surface area contributed by atoms with E-state index in [2.05, 4.69) is 5.32 Å². The Hall–Kier alpha value is -2.19. The summed E-state index contributed by atoms with van der Waals surface area (Å²) in [6, 6.07) is 5.13. The summed E-state index contributed by atoms with van der Waals surface area (Å²) >= 11 is 0. The maximum atomic E-state index is 13.4. The van der Waals surface area contributed by atoms with Gasteiger partial charge in [-0.1, -0.05) is 6.07 Å². The van der Waals surface area contributed by atoms with Gasteiger partial charge in [0.15, 0.2) is 0 Å². The lowest BCUT2D eigenvalue weighted by molar-refractivity contribution is -0.138. The van der Waals surface area contributed by atoms with Gasteiger partial charge in [0.05, 0.1) is 17.7 Å². The van der Waals surface area contributed by atoms with Crippen LogP contribution in [0.25, 0.3) is 0 Å². The molecular formula is C18H22ClF3N2O3. The fourth-order valence-corrected chi connectivity index (χ4v) is 2.27. The normalized spacial score (nSPS) is 11.7. The zero-order valence-corrected chi connectivity index (χ0v) is 16.0. The molecule has 150 valence electrons. The van der Waals surface area contributed by atoms with Crippen molar-refractivity contribution in [3.05, 3.63) is 53.0 Å². The second kappa shape index (κ2) is 8.67. The number of furan rings is 1. The average molecular weight is 407 g/mol. The predicted octanol–water partition coefficient (Wildman–Crippen LogP) is 4.29. The molecular weight excluding hydrogens is 385 g/mol. The summed E-state index contributed by atoms with van der Waals surface area (Å²) in [5, 5.41) is 2.45. The third kappa shape index (κ3) is 6.48. The van der Waals surface area contributed by atoms with Crippen molar-refractivity contribution in [2.45, 2.75) is 45.6 Å². The molecule has 0 aliphatic heterocycles. The van der Waals surface area contributed by atoms with Gasteiger partial charge < -0.3 is 20.2 Å². The van der Waals surface area contributed by atoms with Crippen LogP contribution in [0.5, 0.6) is 5.75 Å². The van der Waals surface area contributed by atoms with Gasteiger partial charge >= 0.3 is 6.18 Å². The van der Waals surface area contributed by atoms with Gasteiger partial charge in [-0.05, 0) is 44.5 Å². The molecule has 0 aliphatic rings. The molecule has 3 N–H and O–H groups in total. The number of amides is 1. The summed E-state index contributed by atoms with van der Waals surface area (Å²) < 4.78 is 50.6. The number of rotatable bonds is 5. The van der Waals surface area contributed by atoms with Gasteiger partial charge in [0.2, 0.25) is 0 Å². The third-order valence-corrected chi connectivity index (χ3v) is 3.37. The lowest BCUT2D eigenvalue weighted by atomic mass is 10.1. The topological polar surface area (TPSA) is 77.5 Å². The van der Waals surface area contributed by atoms with E-state index in [1.165, 1.54) is 24.5 Å². The molecule has 27 heavy (non-hydrogen) atoms. The van der Waals surface area contributed by atoms with Crippen LogP contribution >= 0.6 is 12.4 Å². The van der Waals surface area contributed by atoms with Crippen molar-refractivity contribution in [1.29, 1.82) is 0 Å². The summed E-state index contributed by atoms with van der Waals surface area (Å²) in [4.78, 5) is 12.0. The molecule has 1 heterocycles. The number of hydrogen-bond acceptors (Lipinski definition) is 4. The first-order valence-corrected chi connectivity index (χ1v) is 7.94. The fourth-order valence-electron chi connectivity index (χ4n) is 2.27. The van der Waals surface area contributed by atoms with E-state index in [1.54, 1.807) is 20.8 Å². The second-order valence-corrected chi connectivity index (χ2v) is 6.72. The minimum atomic E-state index is -4.57. The van der Waals surface area contributed by atoms with Crippen molar-refractivity contribution >= 4 is 18.3 Å². The molecule has 0 aliphatic carbocycles. The number of benzene rings is 1. The van der Waals surface area contributed by atoms with Crippen LogP contribution in [0.2, 0.25) is 0 Å². The van der Waals surface area contributed by atoms with Crippen molar-refractivity contribution < 1.29 is 27.1 Å². The fraction of sp³-hybridized carbons (Fsp3) is 0.389. The van der Waals surface area contributed by atoms with Crippen molar-refractivity contribution in [2.24, 2.45) is 5.73 Å². The molecule has 1 aromatic carbocycles. The quantitative estimate of drug-likeness (QED) is 0.776. The third-order valence-electron chi connectivity index (χ3n) is 3.37. The van der Waals surface area contributed by atoms with E-state index >= 15 is 0 Å². The molecule has 0 atom stereocenters. The van der Waals surface area contributed by atoms with Gasteiger partial charge in [-0.25, -0.2) is 0 Å². The van der Waals surface area contributed by atoms with Crippen molar-refractivity contribution in [3.8, 4) is 5.75 Å². The molecule has 0 spiro atoms. The van der Waals surface area contributed by atoms with Gasteiger partial charge in [0.25, 0.3) is 5.91 Å². The highest BCUT2D eigenvalue weighted by molar-refractivity contribution is 5.93. The Balaban J connectivity index is 0.00000364. The van der Waals surface area contributed by atoms with E-state index in [0.29, 0.717) is 5.76 Å². The van der Waals surface area contributed by atoms with E-state index in [0.717, 1.165) is 6.07 Å². The predicted molar refractivity (Wildman–Crippen MR) is 96.8 cm³/mol. The van der Waals surface area contributed by atoms with Crippen LogP contribution in [0, 0.1) is 0 Å². The molecule has 2 rings (SSSR count). The Morgan fingerprint density at radius 3 is 2.41 bits per heavy atom. The monoisotopic (exact) mass is 406 g/mol. The highest BCUT2D eigenvalue weighted by atomic mass is 35.5. The number of carbonyl (C=O) groups is 1. The minimum Gasteiger partial charge on any atom is -0.488 e. The van der Waals surface area contributed by atoms with Crippen LogP contribution in [-0.4, -0.2) is 11.5 Å². The van der Waals surface area contributed by atoms with Gasteiger partial charge in [-0.2, -0.15) is 13.2 Å². The molecule has 0 saturated carbocycles. The van der Waals surface area contributed by atoms with E-state index in [4.69, 9.17) is 14.9 Å². The Morgan fingerprint density at radius 2 is 1.89 bits per heavy atom. The molecule has 0 bridgehead atoms. The van der Waals surface area contributed by atoms with Crippen LogP contribution in [0.3, 0.4) is 0 Å². The Bertz CT molecular complexity index is 783. The molecule has 0 saturated heterocycles. The zero-order valence-electron chi connectivity index (χ0n) is 15.1. The highest BCUT2D eigenvalue weighted by Gasteiger charge is 2.34.